The van der Waals surface area contributed by atoms with Crippen molar-refractivity contribution in [2.45, 2.75) is 32.7 Å². The molecule has 0 bridgehead atoms. The summed E-state index contributed by atoms with van der Waals surface area (Å²) in [6.45, 7) is 6.10. The summed E-state index contributed by atoms with van der Waals surface area (Å²) in [5.41, 5.74) is -0.312. The van der Waals surface area contributed by atoms with Crippen LogP contribution in [0.5, 0.6) is 0 Å². The third-order valence-electron chi connectivity index (χ3n) is 2.89. The van der Waals surface area contributed by atoms with E-state index in [1.54, 1.807) is 6.20 Å². The minimum atomic E-state index is -1.18. The summed E-state index contributed by atoms with van der Waals surface area (Å²) >= 11 is 0. The van der Waals surface area contributed by atoms with Gasteiger partial charge in [-0.1, -0.05) is 26.8 Å². The number of hydrogen-bond acceptors (Lipinski definition) is 5. The summed E-state index contributed by atoms with van der Waals surface area (Å²) in [5.74, 6) is -0.564. The van der Waals surface area contributed by atoms with Crippen LogP contribution in [0.4, 0.5) is 0 Å². The molecular formula is C15H17N3O4. The van der Waals surface area contributed by atoms with Gasteiger partial charge < -0.3 is 14.8 Å². The van der Waals surface area contributed by atoms with Crippen LogP contribution >= 0.6 is 0 Å². The van der Waals surface area contributed by atoms with Crippen molar-refractivity contribution >= 4 is 11.9 Å². The van der Waals surface area contributed by atoms with Crippen molar-refractivity contribution in [2.75, 3.05) is 0 Å². The van der Waals surface area contributed by atoms with Crippen molar-refractivity contribution < 1.29 is 19.1 Å². The zero-order valence-corrected chi connectivity index (χ0v) is 12.6. The number of rotatable bonds is 4. The molecule has 2 aromatic heterocycles. The van der Waals surface area contributed by atoms with E-state index in [1.165, 1.54) is 18.2 Å². The third-order valence-corrected chi connectivity index (χ3v) is 2.89. The number of aromatic carboxylic acids is 1. The molecule has 116 valence electrons. The molecule has 2 rings (SSSR count). The molecule has 0 aliphatic carbocycles. The maximum atomic E-state index is 12.0. The fraction of sp³-hybridized carbons (Fsp3) is 0.333. The fourth-order valence-electron chi connectivity index (χ4n) is 1.67. The number of hydrogen-bond donors (Lipinski definition) is 2. The van der Waals surface area contributed by atoms with Crippen LogP contribution in [0.25, 0.3) is 0 Å². The van der Waals surface area contributed by atoms with Gasteiger partial charge in [0.25, 0.3) is 5.91 Å². The molecule has 0 aliphatic heterocycles. The highest BCUT2D eigenvalue weighted by Gasteiger charge is 2.19. The van der Waals surface area contributed by atoms with Crippen LogP contribution in [0, 0.1) is 0 Å². The van der Waals surface area contributed by atoms with E-state index in [-0.39, 0.29) is 23.3 Å². The van der Waals surface area contributed by atoms with Gasteiger partial charge in [-0.15, -0.1) is 0 Å². The number of carboxylic acids is 1. The summed E-state index contributed by atoms with van der Waals surface area (Å²) in [4.78, 5) is 30.7. The number of carbonyl (C=O) groups is 2. The summed E-state index contributed by atoms with van der Waals surface area (Å²) in [6, 6.07) is 4.23. The molecule has 7 nitrogen and oxygen atoms in total. The normalized spacial score (nSPS) is 11.2. The molecule has 0 saturated carbocycles. The second-order valence-electron chi connectivity index (χ2n) is 5.76. The Morgan fingerprint density at radius 1 is 1.27 bits per heavy atom. The van der Waals surface area contributed by atoms with E-state index in [4.69, 9.17) is 9.52 Å². The topological polar surface area (TPSA) is 105 Å². The Kier molecular flexibility index (Phi) is 4.25. The van der Waals surface area contributed by atoms with E-state index >= 15 is 0 Å². The number of carbonyl (C=O) groups excluding carboxylic acids is 1. The van der Waals surface area contributed by atoms with Gasteiger partial charge >= 0.3 is 5.97 Å². The summed E-state index contributed by atoms with van der Waals surface area (Å²) < 4.78 is 5.56. The van der Waals surface area contributed by atoms with Crippen LogP contribution in [-0.2, 0) is 12.0 Å². The number of carboxylic acid groups (broad SMARTS) is 1. The van der Waals surface area contributed by atoms with E-state index in [1.807, 2.05) is 20.8 Å². The number of pyridine rings is 1. The molecular weight excluding hydrogens is 286 g/mol. The van der Waals surface area contributed by atoms with Crippen molar-refractivity contribution in [2.24, 2.45) is 0 Å². The van der Waals surface area contributed by atoms with Crippen LogP contribution in [0.1, 0.15) is 53.4 Å². The van der Waals surface area contributed by atoms with Gasteiger partial charge in [0.2, 0.25) is 5.89 Å². The Bertz CT molecular complexity index is 701. The quantitative estimate of drug-likeness (QED) is 0.895. The van der Waals surface area contributed by atoms with Gasteiger partial charge in [-0.2, -0.15) is 0 Å². The molecule has 2 heterocycles. The molecule has 0 aromatic carbocycles. The number of aromatic nitrogens is 2. The SMILES string of the molecule is CC(C)(C)c1cnc(CNC(=O)c2cccc(C(=O)O)n2)o1. The average molecular weight is 303 g/mol. The van der Waals surface area contributed by atoms with Gasteiger partial charge in [-0.25, -0.2) is 14.8 Å². The van der Waals surface area contributed by atoms with Gasteiger partial charge in [0, 0.05) is 5.41 Å². The molecule has 0 radical (unpaired) electrons. The number of oxazole rings is 1. The predicted molar refractivity (Wildman–Crippen MR) is 77.6 cm³/mol. The minimum absolute atomic E-state index is 0.0301. The van der Waals surface area contributed by atoms with E-state index in [2.05, 4.69) is 15.3 Å². The zero-order chi connectivity index (χ0) is 16.3. The van der Waals surface area contributed by atoms with Gasteiger partial charge in [-0.3, -0.25) is 4.79 Å². The second kappa shape index (κ2) is 5.97. The van der Waals surface area contributed by atoms with Gasteiger partial charge in [0.05, 0.1) is 12.7 Å². The fourth-order valence-corrected chi connectivity index (χ4v) is 1.67. The standard InChI is InChI=1S/C15H17N3O4/c1-15(2,3)11-7-16-12(22-11)8-17-13(19)9-5-4-6-10(18-9)14(20)21/h4-7H,8H2,1-3H3,(H,17,19)(H,20,21). The number of nitrogens with zero attached hydrogens (tertiary/aromatic N) is 2. The molecule has 0 atom stereocenters. The lowest BCUT2D eigenvalue weighted by molar-refractivity contribution is 0.0690. The monoisotopic (exact) mass is 303 g/mol. The molecule has 2 N–H and O–H groups in total. The lowest BCUT2D eigenvalue weighted by Crippen LogP contribution is -2.24. The summed E-state index contributed by atoms with van der Waals surface area (Å²) in [7, 11) is 0. The van der Waals surface area contributed by atoms with Crippen molar-refractivity contribution in [1.82, 2.24) is 15.3 Å². The van der Waals surface area contributed by atoms with Gasteiger partial charge in [0.1, 0.15) is 17.1 Å². The van der Waals surface area contributed by atoms with Crippen molar-refractivity contribution in [1.29, 1.82) is 0 Å². The number of amides is 1. The second-order valence-corrected chi connectivity index (χ2v) is 5.76. The van der Waals surface area contributed by atoms with Crippen LogP contribution in [-0.4, -0.2) is 27.0 Å². The highest BCUT2D eigenvalue weighted by atomic mass is 16.4. The maximum absolute atomic E-state index is 12.0. The van der Waals surface area contributed by atoms with Crippen molar-refractivity contribution in [3.8, 4) is 0 Å². The van der Waals surface area contributed by atoms with Gasteiger partial charge in [0.15, 0.2) is 0 Å². The largest absolute Gasteiger partial charge is 0.477 e. The Labute approximate surface area is 127 Å². The summed E-state index contributed by atoms with van der Waals surface area (Å²) in [5, 5.41) is 11.5. The van der Waals surface area contributed by atoms with E-state index in [9.17, 15) is 9.59 Å². The lowest BCUT2D eigenvalue weighted by atomic mass is 9.94. The molecule has 1 amide bonds. The Hall–Kier alpha value is -2.70. The van der Waals surface area contributed by atoms with E-state index in [0.29, 0.717) is 5.89 Å². The van der Waals surface area contributed by atoms with Crippen LogP contribution in [0.3, 0.4) is 0 Å². The Balaban J connectivity index is 2.02. The zero-order valence-electron chi connectivity index (χ0n) is 12.6. The third kappa shape index (κ3) is 3.69. The molecule has 7 heteroatoms. The Morgan fingerprint density at radius 3 is 2.55 bits per heavy atom. The van der Waals surface area contributed by atoms with Gasteiger partial charge in [-0.05, 0) is 12.1 Å². The average Bonchev–Trinajstić information content (AvgIpc) is 2.94. The Morgan fingerprint density at radius 2 is 1.95 bits per heavy atom. The molecule has 0 fully saturated rings. The molecule has 2 aromatic rings. The first-order valence-corrected chi connectivity index (χ1v) is 6.71. The first kappa shape index (κ1) is 15.7. The molecule has 0 spiro atoms. The molecule has 0 unspecified atom stereocenters. The maximum Gasteiger partial charge on any atom is 0.354 e. The highest BCUT2D eigenvalue weighted by molar-refractivity contribution is 5.94. The number of nitrogens with one attached hydrogen (secondary N) is 1. The predicted octanol–water partition coefficient (Wildman–Crippen LogP) is 2.00. The smallest absolute Gasteiger partial charge is 0.354 e. The molecule has 22 heavy (non-hydrogen) atoms. The van der Waals surface area contributed by atoms with Crippen LogP contribution in [0.2, 0.25) is 0 Å². The van der Waals surface area contributed by atoms with Crippen LogP contribution < -0.4 is 5.32 Å². The first-order valence-electron chi connectivity index (χ1n) is 6.71. The summed E-state index contributed by atoms with van der Waals surface area (Å²) in [6.07, 6.45) is 1.63. The highest BCUT2D eigenvalue weighted by Crippen LogP contribution is 2.22. The van der Waals surface area contributed by atoms with E-state index in [0.717, 1.165) is 5.76 Å². The molecule has 0 saturated heterocycles. The van der Waals surface area contributed by atoms with Crippen molar-refractivity contribution in [3.63, 3.8) is 0 Å². The van der Waals surface area contributed by atoms with E-state index < -0.39 is 11.9 Å². The van der Waals surface area contributed by atoms with Crippen LogP contribution in [0.15, 0.2) is 28.8 Å². The lowest BCUT2D eigenvalue weighted by Gasteiger charge is -2.13. The first-order chi connectivity index (χ1) is 10.3. The van der Waals surface area contributed by atoms with Crippen molar-refractivity contribution in [3.05, 3.63) is 47.4 Å². The molecule has 0 aliphatic rings. The minimum Gasteiger partial charge on any atom is -0.477 e.